The molecule has 1 amide bonds. The minimum atomic E-state index is 0.0511. The molecule has 2 rings (SSSR count). The molecule has 1 saturated heterocycles. The number of nitrogen functional groups attached to an aromatic ring is 1. The van der Waals surface area contributed by atoms with Crippen LogP contribution in [0.25, 0.3) is 0 Å². The molecular weight excluding hydrogens is 240 g/mol. The summed E-state index contributed by atoms with van der Waals surface area (Å²) in [6.45, 7) is 6.13. The number of hydrogen-bond donors (Lipinski definition) is 1. The molecule has 0 bridgehead atoms. The van der Waals surface area contributed by atoms with Crippen LogP contribution in [0.5, 0.6) is 5.75 Å². The molecule has 0 radical (unpaired) electrons. The zero-order valence-electron chi connectivity index (χ0n) is 11.7. The van der Waals surface area contributed by atoms with Gasteiger partial charge >= 0.3 is 0 Å². The monoisotopic (exact) mass is 262 g/mol. The fourth-order valence-corrected chi connectivity index (χ4v) is 2.48. The number of benzene rings is 1. The lowest BCUT2D eigenvalue weighted by molar-refractivity contribution is -0.136. The maximum atomic E-state index is 12.1. The van der Waals surface area contributed by atoms with Gasteiger partial charge in [-0.3, -0.25) is 4.79 Å². The van der Waals surface area contributed by atoms with Crippen molar-refractivity contribution >= 4 is 11.6 Å². The number of nitrogens with zero attached hydrogens (tertiary/aromatic N) is 1. The van der Waals surface area contributed by atoms with Crippen LogP contribution in [0, 0.1) is 5.41 Å². The average molecular weight is 262 g/mol. The number of likely N-dealkylation sites (tertiary alicyclic amines) is 1. The van der Waals surface area contributed by atoms with Gasteiger partial charge in [-0.2, -0.15) is 0 Å². The minimum absolute atomic E-state index is 0.0511. The van der Waals surface area contributed by atoms with E-state index < -0.39 is 0 Å². The quantitative estimate of drug-likeness (QED) is 0.850. The largest absolute Gasteiger partial charge is 0.484 e. The number of ether oxygens (including phenoxy) is 1. The fourth-order valence-electron chi connectivity index (χ4n) is 2.48. The van der Waals surface area contributed by atoms with Crippen LogP contribution in [0.3, 0.4) is 0 Å². The maximum absolute atomic E-state index is 12.1. The van der Waals surface area contributed by atoms with Gasteiger partial charge in [0.2, 0.25) is 0 Å². The second-order valence-electron chi connectivity index (χ2n) is 5.94. The number of hydrogen-bond acceptors (Lipinski definition) is 3. The van der Waals surface area contributed by atoms with Gasteiger partial charge in [-0.1, -0.05) is 19.9 Å². The van der Waals surface area contributed by atoms with Crippen molar-refractivity contribution in [1.82, 2.24) is 4.90 Å². The van der Waals surface area contributed by atoms with Crippen molar-refractivity contribution < 1.29 is 9.53 Å². The molecule has 2 N–H and O–H groups in total. The molecule has 104 valence electrons. The van der Waals surface area contributed by atoms with Gasteiger partial charge in [0.15, 0.2) is 6.61 Å². The van der Waals surface area contributed by atoms with Crippen LogP contribution in [0.1, 0.15) is 26.7 Å². The van der Waals surface area contributed by atoms with E-state index in [1.54, 1.807) is 12.1 Å². The lowest BCUT2D eigenvalue weighted by Gasteiger charge is -2.37. The molecule has 4 nitrogen and oxygen atoms in total. The summed E-state index contributed by atoms with van der Waals surface area (Å²) in [7, 11) is 0. The van der Waals surface area contributed by atoms with Crippen molar-refractivity contribution in [2.24, 2.45) is 5.41 Å². The summed E-state index contributed by atoms with van der Waals surface area (Å²) in [5.41, 5.74) is 6.52. The number of amides is 1. The molecule has 1 fully saturated rings. The normalized spacial score (nSPS) is 18.1. The highest BCUT2D eigenvalue weighted by atomic mass is 16.5. The topological polar surface area (TPSA) is 55.6 Å². The van der Waals surface area contributed by atoms with E-state index in [9.17, 15) is 4.79 Å². The van der Waals surface area contributed by atoms with E-state index in [0.29, 0.717) is 11.4 Å². The van der Waals surface area contributed by atoms with E-state index in [0.717, 1.165) is 19.5 Å². The zero-order valence-corrected chi connectivity index (χ0v) is 11.7. The number of nitrogens with two attached hydrogens (primary N) is 1. The minimum Gasteiger partial charge on any atom is -0.484 e. The zero-order chi connectivity index (χ0) is 13.9. The Morgan fingerprint density at radius 2 is 2.26 bits per heavy atom. The molecule has 1 aromatic rings. The number of carbonyl (C=O) groups excluding carboxylic acids is 1. The van der Waals surface area contributed by atoms with E-state index in [-0.39, 0.29) is 17.9 Å². The first-order valence-corrected chi connectivity index (χ1v) is 6.72. The van der Waals surface area contributed by atoms with Crippen LogP contribution < -0.4 is 10.5 Å². The molecule has 1 aliphatic heterocycles. The molecule has 1 heterocycles. The smallest absolute Gasteiger partial charge is 0.260 e. The standard InChI is InChI=1S/C15H22N2O2/c1-15(2)7-4-8-17(11-15)14(18)10-19-13-6-3-5-12(16)9-13/h3,5-6,9H,4,7-8,10-11,16H2,1-2H3. The van der Waals surface area contributed by atoms with Crippen molar-refractivity contribution in [2.75, 3.05) is 25.4 Å². The van der Waals surface area contributed by atoms with Crippen molar-refractivity contribution in [3.05, 3.63) is 24.3 Å². The predicted molar refractivity (Wildman–Crippen MR) is 75.9 cm³/mol. The van der Waals surface area contributed by atoms with Gasteiger partial charge in [0.25, 0.3) is 5.91 Å². The highest BCUT2D eigenvalue weighted by Gasteiger charge is 2.29. The van der Waals surface area contributed by atoms with Crippen molar-refractivity contribution in [3.63, 3.8) is 0 Å². The van der Waals surface area contributed by atoms with Gasteiger partial charge in [0.05, 0.1) is 0 Å². The predicted octanol–water partition coefficient (Wildman–Crippen LogP) is 2.30. The Kier molecular flexibility index (Phi) is 3.98. The number of carbonyl (C=O) groups is 1. The molecule has 0 atom stereocenters. The maximum Gasteiger partial charge on any atom is 0.260 e. The molecule has 0 unspecified atom stereocenters. The first-order valence-electron chi connectivity index (χ1n) is 6.72. The molecule has 0 aromatic heterocycles. The lowest BCUT2D eigenvalue weighted by atomic mass is 9.84. The highest BCUT2D eigenvalue weighted by molar-refractivity contribution is 5.78. The van der Waals surface area contributed by atoms with E-state index in [1.165, 1.54) is 6.42 Å². The Labute approximate surface area is 114 Å². The van der Waals surface area contributed by atoms with Gasteiger partial charge in [-0.15, -0.1) is 0 Å². The molecule has 1 aliphatic rings. The Morgan fingerprint density at radius 3 is 2.95 bits per heavy atom. The second kappa shape index (κ2) is 5.51. The van der Waals surface area contributed by atoms with Crippen molar-refractivity contribution in [2.45, 2.75) is 26.7 Å². The Hall–Kier alpha value is -1.71. The molecule has 0 spiro atoms. The summed E-state index contributed by atoms with van der Waals surface area (Å²) >= 11 is 0. The number of rotatable bonds is 3. The summed E-state index contributed by atoms with van der Waals surface area (Å²) in [5.74, 6) is 0.694. The first-order chi connectivity index (χ1) is 8.96. The van der Waals surface area contributed by atoms with Gasteiger partial charge in [-0.25, -0.2) is 0 Å². The Morgan fingerprint density at radius 1 is 1.47 bits per heavy atom. The molecular formula is C15H22N2O2. The summed E-state index contributed by atoms with van der Waals surface area (Å²) < 4.78 is 5.50. The summed E-state index contributed by atoms with van der Waals surface area (Å²) in [4.78, 5) is 14.0. The molecule has 4 heteroatoms. The van der Waals surface area contributed by atoms with Gasteiger partial charge in [0, 0.05) is 24.8 Å². The van der Waals surface area contributed by atoms with Gasteiger partial charge in [0.1, 0.15) is 5.75 Å². The number of piperidine rings is 1. The van der Waals surface area contributed by atoms with Crippen LogP contribution >= 0.6 is 0 Å². The first kappa shape index (κ1) is 13.7. The van der Waals surface area contributed by atoms with E-state index in [2.05, 4.69) is 13.8 Å². The third-order valence-corrected chi connectivity index (χ3v) is 3.47. The van der Waals surface area contributed by atoms with Crippen LogP contribution in [0.4, 0.5) is 5.69 Å². The van der Waals surface area contributed by atoms with Crippen LogP contribution in [0.15, 0.2) is 24.3 Å². The van der Waals surface area contributed by atoms with Gasteiger partial charge < -0.3 is 15.4 Å². The Bertz CT molecular complexity index is 457. The average Bonchev–Trinajstić information content (AvgIpc) is 2.35. The molecule has 0 aliphatic carbocycles. The summed E-state index contributed by atoms with van der Waals surface area (Å²) in [6.07, 6.45) is 2.24. The Balaban J connectivity index is 1.87. The molecule has 19 heavy (non-hydrogen) atoms. The lowest BCUT2D eigenvalue weighted by Crippen LogP contribution is -2.45. The summed E-state index contributed by atoms with van der Waals surface area (Å²) in [5, 5.41) is 0. The van der Waals surface area contributed by atoms with Crippen molar-refractivity contribution in [1.29, 1.82) is 0 Å². The van der Waals surface area contributed by atoms with E-state index in [1.807, 2.05) is 17.0 Å². The summed E-state index contributed by atoms with van der Waals surface area (Å²) in [6, 6.07) is 7.15. The third kappa shape index (κ3) is 3.88. The third-order valence-electron chi connectivity index (χ3n) is 3.47. The van der Waals surface area contributed by atoms with Crippen molar-refractivity contribution in [3.8, 4) is 5.75 Å². The van der Waals surface area contributed by atoms with E-state index in [4.69, 9.17) is 10.5 Å². The highest BCUT2D eigenvalue weighted by Crippen LogP contribution is 2.28. The second-order valence-corrected chi connectivity index (χ2v) is 5.94. The van der Waals surface area contributed by atoms with Crippen LogP contribution in [0.2, 0.25) is 0 Å². The SMILES string of the molecule is CC1(C)CCCN(C(=O)COc2cccc(N)c2)C1. The van der Waals surface area contributed by atoms with Crippen LogP contribution in [-0.2, 0) is 4.79 Å². The fraction of sp³-hybridized carbons (Fsp3) is 0.533. The van der Waals surface area contributed by atoms with Crippen LogP contribution in [-0.4, -0.2) is 30.5 Å². The molecule has 1 aromatic carbocycles. The van der Waals surface area contributed by atoms with Gasteiger partial charge in [-0.05, 0) is 30.4 Å². The number of anilines is 1. The van der Waals surface area contributed by atoms with E-state index >= 15 is 0 Å². The molecule has 0 saturated carbocycles.